The Bertz CT molecular complexity index is 729. The summed E-state index contributed by atoms with van der Waals surface area (Å²) < 4.78 is 5.25. The summed E-state index contributed by atoms with van der Waals surface area (Å²) >= 11 is 0. The summed E-state index contributed by atoms with van der Waals surface area (Å²) in [6.45, 7) is 4.07. The van der Waals surface area contributed by atoms with Crippen LogP contribution in [-0.4, -0.2) is 29.9 Å². The fourth-order valence-electron chi connectivity index (χ4n) is 2.16. The van der Waals surface area contributed by atoms with E-state index in [1.165, 1.54) is 18.5 Å². The highest BCUT2D eigenvalue weighted by molar-refractivity contribution is 5.99. The number of pyridine rings is 1. The highest BCUT2D eigenvalue weighted by Crippen LogP contribution is 2.16. The molecule has 2 N–H and O–H groups in total. The maximum absolute atomic E-state index is 12.3. The molecule has 0 spiro atoms. The number of nitrogens with one attached hydrogen (secondary N) is 2. The Labute approximate surface area is 141 Å². The summed E-state index contributed by atoms with van der Waals surface area (Å²) in [7, 11) is 1.58. The minimum Gasteiger partial charge on any atom is -0.496 e. The van der Waals surface area contributed by atoms with Crippen LogP contribution in [0.1, 0.15) is 40.1 Å². The molecule has 0 unspecified atom stereocenters. The van der Waals surface area contributed by atoms with Gasteiger partial charge in [-0.1, -0.05) is 18.2 Å². The molecular formula is C18H21N3O3. The molecule has 2 amide bonds. The first-order valence-corrected chi connectivity index (χ1v) is 7.67. The fraction of sp³-hybridized carbons (Fsp3) is 0.278. The third-order valence-corrected chi connectivity index (χ3v) is 3.31. The second-order valence-electron chi connectivity index (χ2n) is 5.58. The summed E-state index contributed by atoms with van der Waals surface area (Å²) in [6.07, 6.45) is 2.87. The van der Waals surface area contributed by atoms with Crippen molar-refractivity contribution in [2.45, 2.75) is 26.4 Å². The van der Waals surface area contributed by atoms with Crippen molar-refractivity contribution in [3.05, 3.63) is 59.4 Å². The van der Waals surface area contributed by atoms with E-state index >= 15 is 0 Å². The minimum absolute atomic E-state index is 0.0144. The van der Waals surface area contributed by atoms with Gasteiger partial charge in [0, 0.05) is 30.5 Å². The summed E-state index contributed by atoms with van der Waals surface area (Å²) in [5.41, 5.74) is 1.56. The van der Waals surface area contributed by atoms with Crippen LogP contribution in [0.15, 0.2) is 42.7 Å². The van der Waals surface area contributed by atoms with E-state index in [2.05, 4.69) is 15.6 Å². The van der Waals surface area contributed by atoms with Crippen molar-refractivity contribution in [1.29, 1.82) is 0 Å². The van der Waals surface area contributed by atoms with Crippen LogP contribution in [0.4, 0.5) is 0 Å². The van der Waals surface area contributed by atoms with E-state index in [-0.39, 0.29) is 17.9 Å². The predicted octanol–water partition coefficient (Wildman–Crippen LogP) is 2.16. The van der Waals surface area contributed by atoms with Crippen LogP contribution in [0.25, 0.3) is 0 Å². The quantitative estimate of drug-likeness (QED) is 0.852. The van der Waals surface area contributed by atoms with Crippen LogP contribution < -0.4 is 15.4 Å². The number of aromatic nitrogens is 1. The Balaban J connectivity index is 2.06. The number of para-hydroxylation sites is 1. The van der Waals surface area contributed by atoms with Crippen molar-refractivity contribution in [2.75, 3.05) is 7.11 Å². The molecule has 0 saturated heterocycles. The molecule has 0 fully saturated rings. The smallest absolute Gasteiger partial charge is 0.253 e. The zero-order valence-electron chi connectivity index (χ0n) is 14.0. The van der Waals surface area contributed by atoms with E-state index in [0.29, 0.717) is 23.4 Å². The van der Waals surface area contributed by atoms with Gasteiger partial charge in [0.2, 0.25) is 0 Å². The number of carbonyl (C=O) groups is 2. The van der Waals surface area contributed by atoms with Crippen molar-refractivity contribution in [3.8, 4) is 5.75 Å². The first kappa shape index (κ1) is 17.5. The first-order chi connectivity index (χ1) is 11.5. The van der Waals surface area contributed by atoms with Gasteiger partial charge in [-0.25, -0.2) is 0 Å². The molecule has 6 nitrogen and oxygen atoms in total. The zero-order valence-corrected chi connectivity index (χ0v) is 14.0. The van der Waals surface area contributed by atoms with Gasteiger partial charge >= 0.3 is 0 Å². The van der Waals surface area contributed by atoms with Crippen molar-refractivity contribution in [2.24, 2.45) is 0 Å². The number of amides is 2. The van der Waals surface area contributed by atoms with Crippen LogP contribution >= 0.6 is 0 Å². The highest BCUT2D eigenvalue weighted by atomic mass is 16.5. The van der Waals surface area contributed by atoms with Gasteiger partial charge in [0.05, 0.1) is 18.2 Å². The monoisotopic (exact) mass is 327 g/mol. The Morgan fingerprint density at radius 2 is 1.79 bits per heavy atom. The molecule has 0 aliphatic carbocycles. The number of nitrogens with zero attached hydrogens (tertiary/aromatic N) is 1. The van der Waals surface area contributed by atoms with E-state index in [0.717, 1.165) is 5.56 Å². The van der Waals surface area contributed by atoms with Gasteiger partial charge in [-0.3, -0.25) is 14.6 Å². The minimum atomic E-state index is -0.299. The largest absolute Gasteiger partial charge is 0.496 e. The Morgan fingerprint density at radius 1 is 1.12 bits per heavy atom. The Hall–Kier alpha value is -2.89. The lowest BCUT2D eigenvalue weighted by atomic mass is 10.1. The molecule has 0 aliphatic heterocycles. The van der Waals surface area contributed by atoms with E-state index in [1.54, 1.807) is 7.11 Å². The Kier molecular flexibility index (Phi) is 5.89. The number of benzene rings is 1. The molecule has 0 atom stereocenters. The van der Waals surface area contributed by atoms with E-state index < -0.39 is 0 Å². The molecule has 0 saturated carbocycles. The van der Waals surface area contributed by atoms with Gasteiger partial charge in [-0.05, 0) is 26.0 Å². The average molecular weight is 327 g/mol. The molecule has 1 aromatic carbocycles. The van der Waals surface area contributed by atoms with Crippen LogP contribution in [0.2, 0.25) is 0 Å². The summed E-state index contributed by atoms with van der Waals surface area (Å²) in [5.74, 6) is 0.158. The fourth-order valence-corrected chi connectivity index (χ4v) is 2.16. The molecule has 0 radical (unpaired) electrons. The topological polar surface area (TPSA) is 80.3 Å². The molecule has 1 aromatic heterocycles. The van der Waals surface area contributed by atoms with Gasteiger partial charge in [-0.15, -0.1) is 0 Å². The van der Waals surface area contributed by atoms with Crippen molar-refractivity contribution < 1.29 is 14.3 Å². The van der Waals surface area contributed by atoms with Crippen molar-refractivity contribution in [1.82, 2.24) is 15.6 Å². The molecule has 0 aliphatic rings. The molecule has 24 heavy (non-hydrogen) atoms. The van der Waals surface area contributed by atoms with Crippen molar-refractivity contribution >= 4 is 11.8 Å². The maximum atomic E-state index is 12.3. The number of methoxy groups -OCH3 is 1. The second kappa shape index (κ2) is 8.10. The van der Waals surface area contributed by atoms with Gasteiger partial charge in [0.25, 0.3) is 11.8 Å². The molecule has 126 valence electrons. The van der Waals surface area contributed by atoms with Gasteiger partial charge in [0.15, 0.2) is 0 Å². The summed E-state index contributed by atoms with van der Waals surface area (Å²) in [6, 6.07) is 9.00. The predicted molar refractivity (Wildman–Crippen MR) is 91.0 cm³/mol. The van der Waals surface area contributed by atoms with Gasteiger partial charge in [-0.2, -0.15) is 0 Å². The summed E-state index contributed by atoms with van der Waals surface area (Å²) in [4.78, 5) is 28.3. The standard InChI is InChI=1S/C18H21N3O3/c1-12(2)21-18(23)15-8-14(9-19-10-15)17(22)20-11-13-6-4-5-7-16(13)24-3/h4-10,12H,11H2,1-3H3,(H,20,22)(H,21,23). The maximum Gasteiger partial charge on any atom is 0.253 e. The third kappa shape index (κ3) is 4.55. The van der Waals surface area contributed by atoms with Crippen LogP contribution in [0.3, 0.4) is 0 Å². The molecule has 1 heterocycles. The van der Waals surface area contributed by atoms with Crippen LogP contribution in [0, 0.1) is 0 Å². The van der Waals surface area contributed by atoms with Crippen LogP contribution in [-0.2, 0) is 6.54 Å². The average Bonchev–Trinajstić information content (AvgIpc) is 2.59. The van der Waals surface area contributed by atoms with E-state index in [1.807, 2.05) is 38.1 Å². The van der Waals surface area contributed by atoms with Gasteiger partial charge < -0.3 is 15.4 Å². The van der Waals surface area contributed by atoms with E-state index in [9.17, 15) is 9.59 Å². The number of hydrogen-bond acceptors (Lipinski definition) is 4. The van der Waals surface area contributed by atoms with Gasteiger partial charge in [0.1, 0.15) is 5.75 Å². The lowest BCUT2D eigenvalue weighted by Gasteiger charge is -2.11. The lowest BCUT2D eigenvalue weighted by Crippen LogP contribution is -2.30. The SMILES string of the molecule is COc1ccccc1CNC(=O)c1cncc(C(=O)NC(C)C)c1. The highest BCUT2D eigenvalue weighted by Gasteiger charge is 2.12. The molecular weight excluding hydrogens is 306 g/mol. The zero-order chi connectivity index (χ0) is 17.5. The normalized spacial score (nSPS) is 10.3. The molecule has 0 bridgehead atoms. The summed E-state index contributed by atoms with van der Waals surface area (Å²) in [5, 5.41) is 5.58. The van der Waals surface area contributed by atoms with E-state index in [4.69, 9.17) is 4.74 Å². The van der Waals surface area contributed by atoms with Crippen molar-refractivity contribution in [3.63, 3.8) is 0 Å². The third-order valence-electron chi connectivity index (χ3n) is 3.31. The number of hydrogen-bond donors (Lipinski definition) is 2. The first-order valence-electron chi connectivity index (χ1n) is 7.67. The number of rotatable bonds is 6. The lowest BCUT2D eigenvalue weighted by molar-refractivity contribution is 0.0942. The molecule has 2 aromatic rings. The van der Waals surface area contributed by atoms with Crippen LogP contribution in [0.5, 0.6) is 5.75 Å². The second-order valence-corrected chi connectivity index (χ2v) is 5.58. The number of ether oxygens (including phenoxy) is 1. The molecule has 6 heteroatoms. The molecule has 2 rings (SSSR count). The number of carbonyl (C=O) groups excluding carboxylic acids is 2. The Morgan fingerprint density at radius 3 is 2.46 bits per heavy atom.